The Balaban J connectivity index is 3.97. The van der Waals surface area contributed by atoms with Gasteiger partial charge < -0.3 is 21.5 Å². The SMILES string of the molecule is CCCNC(=O)NCN(NC(N)=O)C(=O)O. The van der Waals surface area contributed by atoms with Gasteiger partial charge in [-0.3, -0.25) is 0 Å². The first-order chi connectivity index (χ1) is 7.47. The monoisotopic (exact) mass is 233 g/mol. The Morgan fingerprint density at radius 2 is 1.94 bits per heavy atom. The molecule has 0 unspecified atom stereocenters. The van der Waals surface area contributed by atoms with Gasteiger partial charge in [-0.05, 0) is 6.42 Å². The summed E-state index contributed by atoms with van der Waals surface area (Å²) in [6.07, 6.45) is -0.676. The van der Waals surface area contributed by atoms with Crippen molar-refractivity contribution in [1.82, 2.24) is 21.1 Å². The van der Waals surface area contributed by atoms with Gasteiger partial charge in [-0.2, -0.15) is 5.01 Å². The van der Waals surface area contributed by atoms with Crippen LogP contribution in [0.5, 0.6) is 0 Å². The van der Waals surface area contributed by atoms with Gasteiger partial charge in [-0.1, -0.05) is 6.92 Å². The van der Waals surface area contributed by atoms with Gasteiger partial charge in [0.25, 0.3) is 0 Å². The maximum Gasteiger partial charge on any atom is 0.427 e. The first-order valence-corrected chi connectivity index (χ1v) is 4.55. The van der Waals surface area contributed by atoms with Crippen molar-refractivity contribution in [3.63, 3.8) is 0 Å². The van der Waals surface area contributed by atoms with Crippen LogP contribution in [0.4, 0.5) is 14.4 Å². The molecule has 0 aliphatic carbocycles. The molecule has 5 amide bonds. The number of primary amides is 1. The van der Waals surface area contributed by atoms with Crippen molar-refractivity contribution >= 4 is 18.2 Å². The highest BCUT2D eigenvalue weighted by Gasteiger charge is 2.13. The lowest BCUT2D eigenvalue weighted by molar-refractivity contribution is 0.121. The molecule has 92 valence electrons. The minimum absolute atomic E-state index is 0.395. The van der Waals surface area contributed by atoms with Crippen LogP contribution >= 0.6 is 0 Å². The van der Waals surface area contributed by atoms with E-state index in [1.54, 1.807) is 0 Å². The zero-order valence-corrected chi connectivity index (χ0v) is 8.82. The molecule has 9 heteroatoms. The van der Waals surface area contributed by atoms with E-state index in [-0.39, 0.29) is 0 Å². The summed E-state index contributed by atoms with van der Waals surface area (Å²) in [7, 11) is 0. The summed E-state index contributed by atoms with van der Waals surface area (Å²) in [5.74, 6) is 0. The molecular formula is C7H15N5O4. The van der Waals surface area contributed by atoms with Crippen molar-refractivity contribution in [2.75, 3.05) is 13.2 Å². The molecular weight excluding hydrogens is 218 g/mol. The molecule has 6 N–H and O–H groups in total. The largest absolute Gasteiger partial charge is 0.464 e. The first kappa shape index (κ1) is 13.8. The van der Waals surface area contributed by atoms with Gasteiger partial charge in [-0.25, -0.2) is 19.8 Å². The van der Waals surface area contributed by atoms with Crippen LogP contribution in [0, 0.1) is 0 Å². The third kappa shape index (κ3) is 6.29. The van der Waals surface area contributed by atoms with Gasteiger partial charge in [-0.15, -0.1) is 0 Å². The maximum atomic E-state index is 11.0. The van der Waals surface area contributed by atoms with E-state index in [2.05, 4.69) is 10.6 Å². The van der Waals surface area contributed by atoms with Crippen molar-refractivity contribution < 1.29 is 19.5 Å². The van der Waals surface area contributed by atoms with Crippen molar-refractivity contribution in [3.8, 4) is 0 Å². The van der Waals surface area contributed by atoms with Crippen LogP contribution in [0.3, 0.4) is 0 Å². The Bertz CT molecular complexity index is 270. The summed E-state index contributed by atoms with van der Waals surface area (Å²) in [5.41, 5.74) is 6.56. The number of hydrazine groups is 1. The predicted octanol–water partition coefficient (Wildman–Crippen LogP) is -0.784. The smallest absolute Gasteiger partial charge is 0.427 e. The fraction of sp³-hybridized carbons (Fsp3) is 0.571. The van der Waals surface area contributed by atoms with Crippen LogP contribution in [0.15, 0.2) is 0 Å². The van der Waals surface area contributed by atoms with Gasteiger partial charge in [0.2, 0.25) is 0 Å². The number of hydrogen-bond acceptors (Lipinski definition) is 3. The number of amides is 5. The van der Waals surface area contributed by atoms with Crippen molar-refractivity contribution in [2.24, 2.45) is 5.73 Å². The van der Waals surface area contributed by atoms with Crippen molar-refractivity contribution in [1.29, 1.82) is 0 Å². The molecule has 0 saturated heterocycles. The van der Waals surface area contributed by atoms with Crippen LogP contribution < -0.4 is 21.8 Å². The lowest BCUT2D eigenvalue weighted by Gasteiger charge is -2.18. The second-order valence-corrected chi connectivity index (χ2v) is 2.78. The van der Waals surface area contributed by atoms with Crippen molar-refractivity contribution in [2.45, 2.75) is 13.3 Å². The van der Waals surface area contributed by atoms with E-state index in [1.807, 2.05) is 12.3 Å². The molecule has 0 atom stereocenters. The summed E-state index contributed by atoms with van der Waals surface area (Å²) in [5, 5.41) is 13.7. The number of hydrogen-bond donors (Lipinski definition) is 5. The summed E-state index contributed by atoms with van der Waals surface area (Å²) in [6.45, 7) is 1.95. The molecule has 0 spiro atoms. The quantitative estimate of drug-likeness (QED) is 0.321. The number of urea groups is 2. The average Bonchev–Trinajstić information content (AvgIpc) is 2.20. The molecule has 0 aliphatic heterocycles. The number of carbonyl (C=O) groups is 3. The molecule has 0 bridgehead atoms. The number of nitrogens with zero attached hydrogens (tertiary/aromatic N) is 1. The van der Waals surface area contributed by atoms with Gasteiger partial charge in [0.05, 0.1) is 0 Å². The van der Waals surface area contributed by atoms with Gasteiger partial charge in [0, 0.05) is 6.54 Å². The molecule has 0 rings (SSSR count). The standard InChI is InChI=1S/C7H15N5O4/c1-2-3-9-6(14)10-4-12(7(15)16)11-5(8)13/h2-4H2,1H3,(H,15,16)(H3,8,11,13)(H2,9,10,14). The molecule has 0 aromatic carbocycles. The zero-order valence-electron chi connectivity index (χ0n) is 8.82. The van der Waals surface area contributed by atoms with E-state index in [0.717, 1.165) is 6.42 Å². The highest BCUT2D eigenvalue weighted by atomic mass is 16.4. The summed E-state index contributed by atoms with van der Waals surface area (Å²) in [4.78, 5) is 32.0. The Hall–Kier alpha value is -2.19. The Kier molecular flexibility index (Phi) is 6.17. The van der Waals surface area contributed by atoms with Crippen LogP contribution in [0.25, 0.3) is 0 Å². The lowest BCUT2D eigenvalue weighted by atomic mass is 10.5. The zero-order chi connectivity index (χ0) is 12.6. The van der Waals surface area contributed by atoms with E-state index >= 15 is 0 Å². The highest BCUT2D eigenvalue weighted by Crippen LogP contribution is 1.81. The minimum atomic E-state index is -1.44. The Morgan fingerprint density at radius 1 is 1.31 bits per heavy atom. The summed E-state index contributed by atoms with van der Waals surface area (Å²) < 4.78 is 0. The number of nitrogens with one attached hydrogen (secondary N) is 3. The van der Waals surface area contributed by atoms with Crippen LogP contribution in [-0.2, 0) is 0 Å². The Morgan fingerprint density at radius 3 is 2.38 bits per heavy atom. The van der Waals surface area contributed by atoms with Crippen molar-refractivity contribution in [3.05, 3.63) is 0 Å². The third-order valence-corrected chi connectivity index (χ3v) is 1.41. The molecule has 0 heterocycles. The molecule has 0 fully saturated rings. The van der Waals surface area contributed by atoms with Crippen LogP contribution in [0.1, 0.15) is 13.3 Å². The maximum absolute atomic E-state index is 11.0. The molecule has 0 radical (unpaired) electrons. The number of rotatable bonds is 4. The molecule has 16 heavy (non-hydrogen) atoms. The number of nitrogens with two attached hydrogens (primary N) is 1. The summed E-state index contributed by atoms with van der Waals surface area (Å²) >= 11 is 0. The second kappa shape index (κ2) is 7.15. The minimum Gasteiger partial charge on any atom is -0.464 e. The normalized spacial score (nSPS) is 9.06. The summed E-state index contributed by atoms with van der Waals surface area (Å²) in [6, 6.07) is -1.56. The fourth-order valence-electron chi connectivity index (χ4n) is 0.740. The van der Waals surface area contributed by atoms with Gasteiger partial charge in [0.15, 0.2) is 0 Å². The fourth-order valence-corrected chi connectivity index (χ4v) is 0.740. The van der Waals surface area contributed by atoms with Gasteiger partial charge >= 0.3 is 18.2 Å². The molecule has 9 nitrogen and oxygen atoms in total. The highest BCUT2D eigenvalue weighted by molar-refractivity contribution is 5.77. The second-order valence-electron chi connectivity index (χ2n) is 2.78. The Labute approximate surface area is 91.9 Å². The van der Waals surface area contributed by atoms with E-state index in [1.165, 1.54) is 0 Å². The first-order valence-electron chi connectivity index (χ1n) is 4.55. The van der Waals surface area contributed by atoms with E-state index in [4.69, 9.17) is 10.8 Å². The third-order valence-electron chi connectivity index (χ3n) is 1.41. The molecule has 0 saturated carbocycles. The molecule has 0 aliphatic rings. The van der Waals surface area contributed by atoms with E-state index in [9.17, 15) is 14.4 Å². The van der Waals surface area contributed by atoms with Gasteiger partial charge in [0.1, 0.15) is 6.67 Å². The number of carboxylic acid groups (broad SMARTS) is 1. The topological polar surface area (TPSA) is 137 Å². The molecule has 0 aromatic heterocycles. The van der Waals surface area contributed by atoms with E-state index < -0.39 is 24.8 Å². The molecule has 0 aromatic rings. The lowest BCUT2D eigenvalue weighted by Crippen LogP contribution is -2.53. The average molecular weight is 233 g/mol. The predicted molar refractivity (Wildman–Crippen MR) is 54.3 cm³/mol. The van der Waals surface area contributed by atoms with Crippen LogP contribution in [-0.4, -0.2) is 41.5 Å². The van der Waals surface area contributed by atoms with E-state index in [0.29, 0.717) is 11.6 Å². The number of carbonyl (C=O) groups excluding carboxylic acids is 2. The van der Waals surface area contributed by atoms with Crippen LogP contribution in [0.2, 0.25) is 0 Å².